The number of hydrogen-bond acceptors (Lipinski definition) is 4. The highest BCUT2D eigenvalue weighted by atomic mass is 32.1. The van der Waals surface area contributed by atoms with Gasteiger partial charge in [-0.3, -0.25) is 9.59 Å². The maximum atomic E-state index is 11.8. The summed E-state index contributed by atoms with van der Waals surface area (Å²) in [5.74, 6) is 0.550. The summed E-state index contributed by atoms with van der Waals surface area (Å²) < 4.78 is 0. The van der Waals surface area contributed by atoms with Gasteiger partial charge in [-0.15, -0.1) is 0 Å². The van der Waals surface area contributed by atoms with Gasteiger partial charge in [-0.1, -0.05) is 12.1 Å². The second-order valence-corrected chi connectivity index (χ2v) is 5.58. The summed E-state index contributed by atoms with van der Waals surface area (Å²) >= 11 is 4.04. The summed E-state index contributed by atoms with van der Waals surface area (Å²) in [6.07, 6.45) is 0.881. The number of rotatable bonds is 4. The van der Waals surface area contributed by atoms with Crippen molar-refractivity contribution < 1.29 is 9.59 Å². The van der Waals surface area contributed by atoms with Crippen LogP contribution in [0.2, 0.25) is 0 Å². The van der Waals surface area contributed by atoms with Crippen LogP contribution in [-0.2, 0) is 9.59 Å². The van der Waals surface area contributed by atoms with Gasteiger partial charge in [0.1, 0.15) is 0 Å². The predicted molar refractivity (Wildman–Crippen MR) is 84.6 cm³/mol. The van der Waals surface area contributed by atoms with Crippen molar-refractivity contribution in [3.63, 3.8) is 0 Å². The lowest BCUT2D eigenvalue weighted by Crippen LogP contribution is -2.31. The number of benzene rings is 1. The third-order valence-electron chi connectivity index (χ3n) is 3.99. The quantitative estimate of drug-likeness (QED) is 0.827. The fourth-order valence-electron chi connectivity index (χ4n) is 2.75. The first kappa shape index (κ1) is 14.1. The molecule has 2 unspecified atom stereocenters. The number of carbonyl (C=O) groups is 2. The van der Waals surface area contributed by atoms with Gasteiger partial charge >= 0.3 is 0 Å². The highest BCUT2D eigenvalue weighted by Gasteiger charge is 2.49. The van der Waals surface area contributed by atoms with Crippen LogP contribution in [0.5, 0.6) is 0 Å². The lowest BCUT2D eigenvalue weighted by molar-refractivity contribution is -0.122. The number of fused-ring (bicyclic) bond motifs is 1. The molecule has 0 radical (unpaired) electrons. The summed E-state index contributed by atoms with van der Waals surface area (Å²) in [4.78, 5) is 24.9. The smallest absolute Gasteiger partial charge is 0.243 e. The Bertz CT molecular complexity index is 612. The number of hydrazone groups is 1. The molecule has 2 atom stereocenters. The van der Waals surface area contributed by atoms with Crippen molar-refractivity contribution in [1.29, 1.82) is 0 Å². The Hall–Kier alpha value is -1.82. The Morgan fingerprint density at radius 2 is 2.10 bits per heavy atom. The summed E-state index contributed by atoms with van der Waals surface area (Å²) in [7, 11) is 0. The predicted octanol–water partition coefficient (Wildman–Crippen LogP) is 1.44. The molecule has 1 heterocycles. The molecule has 6 heteroatoms. The van der Waals surface area contributed by atoms with Crippen LogP contribution in [0.15, 0.2) is 29.4 Å². The largest absolute Gasteiger partial charge is 0.312 e. The minimum atomic E-state index is -0.0156. The minimum Gasteiger partial charge on any atom is -0.312 e. The standard InChI is InChI=1S/C15H17N3O2S/c1-2-18(13(19)8-21)10-5-3-9(4-6-10)14-11-7-12(11)15(20)17-16-14/h3-6,11-12,21H,2,7-8H2,1H3,(H,17,20). The number of amides is 2. The van der Waals surface area contributed by atoms with Gasteiger partial charge in [-0.05, 0) is 31.0 Å². The van der Waals surface area contributed by atoms with Gasteiger partial charge in [0.15, 0.2) is 0 Å². The van der Waals surface area contributed by atoms with Crippen molar-refractivity contribution >= 4 is 35.8 Å². The third kappa shape index (κ3) is 2.55. The van der Waals surface area contributed by atoms with E-state index in [-0.39, 0.29) is 29.4 Å². The van der Waals surface area contributed by atoms with Crippen LogP contribution in [0.3, 0.4) is 0 Å². The molecule has 3 rings (SSSR count). The van der Waals surface area contributed by atoms with Gasteiger partial charge in [0, 0.05) is 24.1 Å². The highest BCUT2D eigenvalue weighted by molar-refractivity contribution is 7.81. The van der Waals surface area contributed by atoms with Crippen molar-refractivity contribution in [2.45, 2.75) is 13.3 Å². The molecule has 2 amide bonds. The SMILES string of the molecule is CCN(C(=O)CS)c1ccc(C2=NNC(=O)C3CC23)cc1. The van der Waals surface area contributed by atoms with E-state index in [1.54, 1.807) is 4.90 Å². The van der Waals surface area contributed by atoms with E-state index >= 15 is 0 Å². The Kier molecular flexibility index (Phi) is 3.71. The van der Waals surface area contributed by atoms with E-state index in [0.717, 1.165) is 23.4 Å². The molecule has 110 valence electrons. The van der Waals surface area contributed by atoms with Crippen molar-refractivity contribution in [2.24, 2.45) is 16.9 Å². The zero-order valence-corrected chi connectivity index (χ0v) is 12.6. The molecule has 21 heavy (non-hydrogen) atoms. The van der Waals surface area contributed by atoms with E-state index in [1.807, 2.05) is 31.2 Å². The van der Waals surface area contributed by atoms with Gasteiger partial charge in [0.25, 0.3) is 0 Å². The summed E-state index contributed by atoms with van der Waals surface area (Å²) in [5.41, 5.74) is 5.37. The minimum absolute atomic E-state index is 0.0156. The Balaban J connectivity index is 1.81. The zero-order valence-electron chi connectivity index (χ0n) is 11.7. The first-order valence-corrected chi connectivity index (χ1v) is 7.68. The molecule has 0 aromatic heterocycles. The number of carbonyl (C=O) groups excluding carboxylic acids is 2. The van der Waals surface area contributed by atoms with Crippen molar-refractivity contribution in [2.75, 3.05) is 17.2 Å². The van der Waals surface area contributed by atoms with Crippen LogP contribution in [0, 0.1) is 11.8 Å². The Labute approximate surface area is 128 Å². The molecule has 5 nitrogen and oxygen atoms in total. The normalized spacial score (nSPS) is 23.0. The van der Waals surface area contributed by atoms with E-state index in [4.69, 9.17) is 0 Å². The molecule has 1 aliphatic heterocycles. The van der Waals surface area contributed by atoms with Crippen LogP contribution >= 0.6 is 12.6 Å². The topological polar surface area (TPSA) is 61.8 Å². The Morgan fingerprint density at radius 1 is 1.38 bits per heavy atom. The lowest BCUT2D eigenvalue weighted by atomic mass is 10.0. The average molecular weight is 303 g/mol. The first-order chi connectivity index (χ1) is 10.2. The molecule has 0 saturated heterocycles. The average Bonchev–Trinajstić information content (AvgIpc) is 3.30. The number of nitrogens with one attached hydrogen (secondary N) is 1. The van der Waals surface area contributed by atoms with E-state index < -0.39 is 0 Å². The molecule has 1 N–H and O–H groups in total. The Morgan fingerprint density at radius 3 is 2.71 bits per heavy atom. The van der Waals surface area contributed by atoms with E-state index in [2.05, 4.69) is 23.2 Å². The second-order valence-electron chi connectivity index (χ2n) is 5.26. The molecule has 2 aliphatic rings. The third-order valence-corrected chi connectivity index (χ3v) is 4.26. The maximum Gasteiger partial charge on any atom is 0.243 e. The van der Waals surface area contributed by atoms with Crippen LogP contribution in [-0.4, -0.2) is 29.8 Å². The van der Waals surface area contributed by atoms with E-state index in [0.29, 0.717) is 6.54 Å². The fourth-order valence-corrected chi connectivity index (χ4v) is 2.92. The fraction of sp³-hybridized carbons (Fsp3) is 0.400. The number of thiol groups is 1. The second kappa shape index (κ2) is 5.52. The molecule has 0 spiro atoms. The summed E-state index contributed by atoms with van der Waals surface area (Å²) in [5, 5.41) is 4.17. The number of anilines is 1. The van der Waals surface area contributed by atoms with Crippen LogP contribution in [0.4, 0.5) is 5.69 Å². The molecule has 1 saturated carbocycles. The van der Waals surface area contributed by atoms with E-state index in [1.165, 1.54) is 0 Å². The van der Waals surface area contributed by atoms with Crippen LogP contribution in [0.1, 0.15) is 18.9 Å². The molecule has 0 bridgehead atoms. The summed E-state index contributed by atoms with van der Waals surface area (Å²) in [6, 6.07) is 7.73. The van der Waals surface area contributed by atoms with Gasteiger partial charge in [0.2, 0.25) is 11.8 Å². The molecular weight excluding hydrogens is 286 g/mol. The molecule has 1 aliphatic carbocycles. The monoisotopic (exact) mass is 303 g/mol. The number of hydrogen-bond donors (Lipinski definition) is 2. The number of nitrogens with zero attached hydrogens (tertiary/aromatic N) is 2. The molecule has 1 fully saturated rings. The van der Waals surface area contributed by atoms with Gasteiger partial charge < -0.3 is 4.90 Å². The van der Waals surface area contributed by atoms with Gasteiger partial charge in [-0.25, -0.2) is 5.43 Å². The zero-order chi connectivity index (χ0) is 15.0. The van der Waals surface area contributed by atoms with Gasteiger partial charge in [-0.2, -0.15) is 17.7 Å². The van der Waals surface area contributed by atoms with Gasteiger partial charge in [0.05, 0.1) is 11.5 Å². The van der Waals surface area contributed by atoms with Crippen LogP contribution in [0.25, 0.3) is 0 Å². The molecule has 1 aromatic carbocycles. The maximum absolute atomic E-state index is 11.8. The highest BCUT2D eigenvalue weighted by Crippen LogP contribution is 2.43. The van der Waals surface area contributed by atoms with Crippen LogP contribution < -0.4 is 10.3 Å². The van der Waals surface area contributed by atoms with E-state index in [9.17, 15) is 9.59 Å². The van der Waals surface area contributed by atoms with Crippen molar-refractivity contribution in [3.05, 3.63) is 29.8 Å². The summed E-state index contributed by atoms with van der Waals surface area (Å²) in [6.45, 7) is 2.55. The van der Waals surface area contributed by atoms with Crippen molar-refractivity contribution in [3.8, 4) is 0 Å². The first-order valence-electron chi connectivity index (χ1n) is 7.04. The molecular formula is C15H17N3O2S. The molecule has 1 aromatic rings. The van der Waals surface area contributed by atoms with Crippen molar-refractivity contribution in [1.82, 2.24) is 5.43 Å². The lowest BCUT2D eigenvalue weighted by Gasteiger charge is -2.20.